The minimum atomic E-state index is 0.0513. The third-order valence-corrected chi connectivity index (χ3v) is 4.91. The number of fused-ring (bicyclic) bond motifs is 1. The van der Waals surface area contributed by atoms with E-state index in [0.717, 1.165) is 17.8 Å². The summed E-state index contributed by atoms with van der Waals surface area (Å²) in [5.41, 5.74) is 8.15. The van der Waals surface area contributed by atoms with E-state index in [1.54, 1.807) is 36.6 Å². The van der Waals surface area contributed by atoms with Gasteiger partial charge < -0.3 is 10.5 Å². The minimum Gasteiger partial charge on any atom is -0.495 e. The molecule has 0 saturated carbocycles. The molecule has 1 heterocycles. The van der Waals surface area contributed by atoms with Gasteiger partial charge >= 0.3 is 0 Å². The van der Waals surface area contributed by atoms with Crippen molar-refractivity contribution < 1.29 is 9.53 Å². The number of rotatable bonds is 4. The molecule has 0 radical (unpaired) electrons. The van der Waals surface area contributed by atoms with Crippen LogP contribution in [-0.4, -0.2) is 17.9 Å². The molecular formula is C16H18N2O2S. The molecule has 0 atom stereocenters. The molecule has 0 amide bonds. The van der Waals surface area contributed by atoms with Crippen LogP contribution in [0.3, 0.4) is 0 Å². The van der Waals surface area contributed by atoms with Crippen molar-refractivity contribution in [1.29, 1.82) is 0 Å². The monoisotopic (exact) mass is 302 g/mol. The maximum absolute atomic E-state index is 12.3. The van der Waals surface area contributed by atoms with Gasteiger partial charge in [0.1, 0.15) is 10.8 Å². The Bertz CT molecular complexity index is 655. The molecule has 0 unspecified atom stereocenters. The van der Waals surface area contributed by atoms with E-state index in [4.69, 9.17) is 10.5 Å². The van der Waals surface area contributed by atoms with Crippen molar-refractivity contribution in [3.63, 3.8) is 0 Å². The lowest BCUT2D eigenvalue weighted by atomic mass is 10.0. The zero-order valence-corrected chi connectivity index (χ0v) is 12.8. The number of thiazole rings is 1. The van der Waals surface area contributed by atoms with E-state index < -0.39 is 0 Å². The second-order valence-electron chi connectivity index (χ2n) is 5.24. The number of carbonyl (C=O) groups is 1. The lowest BCUT2D eigenvalue weighted by Gasteiger charge is -2.06. The van der Waals surface area contributed by atoms with E-state index in [0.29, 0.717) is 23.4 Å². The number of nitrogens with zero attached hydrogens (tertiary/aromatic N) is 1. The van der Waals surface area contributed by atoms with Crippen LogP contribution in [0.5, 0.6) is 5.75 Å². The van der Waals surface area contributed by atoms with Gasteiger partial charge in [0, 0.05) is 10.4 Å². The Balaban J connectivity index is 1.76. The molecule has 110 valence electrons. The van der Waals surface area contributed by atoms with Gasteiger partial charge in [-0.3, -0.25) is 4.79 Å². The zero-order chi connectivity index (χ0) is 14.8. The summed E-state index contributed by atoms with van der Waals surface area (Å²) in [6, 6.07) is 5.16. The fraction of sp³-hybridized carbons (Fsp3) is 0.375. The van der Waals surface area contributed by atoms with Gasteiger partial charge in [-0.2, -0.15) is 0 Å². The van der Waals surface area contributed by atoms with Gasteiger partial charge in [-0.1, -0.05) is 0 Å². The average molecular weight is 302 g/mol. The quantitative estimate of drug-likeness (QED) is 0.696. The SMILES string of the molecule is COc1ccc(C(=O)Cc2nc3c(s2)CCCC3)cc1N. The molecule has 0 bridgehead atoms. The molecule has 2 aromatic rings. The molecule has 1 aliphatic carbocycles. The van der Waals surface area contributed by atoms with Crippen LogP contribution < -0.4 is 10.5 Å². The van der Waals surface area contributed by atoms with Gasteiger partial charge in [-0.15, -0.1) is 11.3 Å². The summed E-state index contributed by atoms with van der Waals surface area (Å²) in [6.45, 7) is 0. The lowest BCUT2D eigenvalue weighted by Crippen LogP contribution is -2.05. The summed E-state index contributed by atoms with van der Waals surface area (Å²) in [5.74, 6) is 0.645. The number of ketones is 1. The number of ether oxygens (including phenoxy) is 1. The van der Waals surface area contributed by atoms with Crippen molar-refractivity contribution >= 4 is 22.8 Å². The van der Waals surface area contributed by atoms with Crippen LogP contribution in [0.2, 0.25) is 0 Å². The molecule has 1 aromatic heterocycles. The Morgan fingerprint density at radius 2 is 2.19 bits per heavy atom. The lowest BCUT2D eigenvalue weighted by molar-refractivity contribution is 0.0993. The van der Waals surface area contributed by atoms with Gasteiger partial charge in [0.15, 0.2) is 5.78 Å². The fourth-order valence-corrected chi connectivity index (χ4v) is 3.78. The van der Waals surface area contributed by atoms with Crippen molar-refractivity contribution in [3.8, 4) is 5.75 Å². The number of methoxy groups -OCH3 is 1. The van der Waals surface area contributed by atoms with Crippen molar-refractivity contribution in [1.82, 2.24) is 4.98 Å². The molecule has 0 aliphatic heterocycles. The van der Waals surface area contributed by atoms with Gasteiger partial charge in [-0.25, -0.2) is 4.98 Å². The maximum Gasteiger partial charge on any atom is 0.169 e. The van der Waals surface area contributed by atoms with Crippen LogP contribution in [0.1, 0.15) is 38.8 Å². The molecule has 5 heteroatoms. The first-order valence-corrected chi connectivity index (χ1v) is 7.93. The molecule has 1 aliphatic rings. The summed E-state index contributed by atoms with van der Waals surface area (Å²) in [4.78, 5) is 18.3. The first-order valence-electron chi connectivity index (χ1n) is 7.11. The number of carbonyl (C=O) groups excluding carboxylic acids is 1. The normalized spacial score (nSPS) is 13.8. The topological polar surface area (TPSA) is 65.2 Å². The number of nitrogens with two attached hydrogens (primary N) is 1. The number of aromatic nitrogens is 1. The predicted octanol–water partition coefficient (Wildman–Crippen LogP) is 3.04. The van der Waals surface area contributed by atoms with E-state index in [1.807, 2.05) is 0 Å². The summed E-state index contributed by atoms with van der Waals surface area (Å²) in [6.07, 6.45) is 4.95. The van der Waals surface area contributed by atoms with E-state index >= 15 is 0 Å². The number of benzene rings is 1. The van der Waals surface area contributed by atoms with Crippen LogP contribution in [-0.2, 0) is 19.3 Å². The Hall–Kier alpha value is -1.88. The van der Waals surface area contributed by atoms with Gasteiger partial charge in [-0.05, 0) is 43.9 Å². The predicted molar refractivity (Wildman–Crippen MR) is 84.2 cm³/mol. The number of Topliss-reactive ketones (excluding diaryl/α,β-unsaturated/α-hetero) is 1. The van der Waals surface area contributed by atoms with Crippen LogP contribution in [0, 0.1) is 0 Å². The van der Waals surface area contributed by atoms with Crippen LogP contribution in [0.4, 0.5) is 5.69 Å². The van der Waals surface area contributed by atoms with E-state index in [-0.39, 0.29) is 5.78 Å². The number of nitrogen functional groups attached to an aromatic ring is 1. The number of hydrogen-bond acceptors (Lipinski definition) is 5. The molecule has 3 rings (SSSR count). The van der Waals surface area contributed by atoms with E-state index in [1.165, 1.54) is 23.4 Å². The fourth-order valence-electron chi connectivity index (χ4n) is 2.63. The van der Waals surface area contributed by atoms with Crippen molar-refractivity contribution in [2.45, 2.75) is 32.1 Å². The van der Waals surface area contributed by atoms with Crippen LogP contribution in [0.15, 0.2) is 18.2 Å². The molecular weight excluding hydrogens is 284 g/mol. The Morgan fingerprint density at radius 1 is 1.38 bits per heavy atom. The summed E-state index contributed by atoms with van der Waals surface area (Å²) in [7, 11) is 1.56. The summed E-state index contributed by atoms with van der Waals surface area (Å²) >= 11 is 1.68. The molecule has 0 fully saturated rings. The summed E-state index contributed by atoms with van der Waals surface area (Å²) < 4.78 is 5.11. The first kappa shape index (κ1) is 14.1. The van der Waals surface area contributed by atoms with Crippen LogP contribution in [0.25, 0.3) is 0 Å². The molecule has 2 N–H and O–H groups in total. The van der Waals surface area contributed by atoms with Crippen LogP contribution >= 0.6 is 11.3 Å². The third-order valence-electron chi connectivity index (χ3n) is 3.75. The second-order valence-corrected chi connectivity index (χ2v) is 6.41. The second kappa shape index (κ2) is 5.85. The molecule has 0 spiro atoms. The van der Waals surface area contributed by atoms with E-state index in [2.05, 4.69) is 4.98 Å². The highest BCUT2D eigenvalue weighted by atomic mass is 32.1. The molecule has 1 aromatic carbocycles. The highest BCUT2D eigenvalue weighted by Crippen LogP contribution is 2.28. The van der Waals surface area contributed by atoms with Gasteiger partial charge in [0.05, 0.1) is 24.9 Å². The Morgan fingerprint density at radius 3 is 2.90 bits per heavy atom. The minimum absolute atomic E-state index is 0.0513. The molecule has 0 saturated heterocycles. The number of anilines is 1. The van der Waals surface area contributed by atoms with Gasteiger partial charge in [0.25, 0.3) is 0 Å². The first-order chi connectivity index (χ1) is 10.2. The smallest absolute Gasteiger partial charge is 0.169 e. The maximum atomic E-state index is 12.3. The standard InChI is InChI=1S/C16H18N2O2S/c1-20-14-7-6-10(8-11(14)17)13(19)9-16-18-12-4-2-3-5-15(12)21-16/h6-8H,2-5,9,17H2,1H3. The average Bonchev–Trinajstić information content (AvgIpc) is 2.89. The van der Waals surface area contributed by atoms with E-state index in [9.17, 15) is 4.79 Å². The number of hydrogen-bond donors (Lipinski definition) is 1. The largest absolute Gasteiger partial charge is 0.495 e. The van der Waals surface area contributed by atoms with Crippen molar-refractivity contribution in [2.24, 2.45) is 0 Å². The molecule has 4 nitrogen and oxygen atoms in total. The highest BCUT2D eigenvalue weighted by Gasteiger charge is 2.17. The third kappa shape index (κ3) is 2.93. The van der Waals surface area contributed by atoms with Crippen molar-refractivity contribution in [2.75, 3.05) is 12.8 Å². The summed E-state index contributed by atoms with van der Waals surface area (Å²) in [5, 5.41) is 0.918. The van der Waals surface area contributed by atoms with Gasteiger partial charge in [0.2, 0.25) is 0 Å². The Labute approximate surface area is 128 Å². The zero-order valence-electron chi connectivity index (χ0n) is 12.0. The Kier molecular flexibility index (Phi) is 3.92. The van der Waals surface area contributed by atoms with Crippen molar-refractivity contribution in [3.05, 3.63) is 39.3 Å². The molecule has 21 heavy (non-hydrogen) atoms. The highest BCUT2D eigenvalue weighted by molar-refractivity contribution is 7.11. The number of aryl methyl sites for hydroxylation is 2.